The van der Waals surface area contributed by atoms with E-state index in [1.807, 2.05) is 36.4 Å². The van der Waals surface area contributed by atoms with Crippen LogP contribution in [-0.2, 0) is 12.6 Å². The highest BCUT2D eigenvalue weighted by atomic mass is 31.0. The minimum atomic E-state index is -0.336. The van der Waals surface area contributed by atoms with Crippen LogP contribution in [0.15, 0.2) is 72.8 Å². The lowest BCUT2D eigenvalue weighted by Gasteiger charge is -2.10. The van der Waals surface area contributed by atoms with Crippen molar-refractivity contribution in [3.8, 4) is 16.9 Å². The normalized spacial score (nSPS) is 11.8. The first-order valence-corrected chi connectivity index (χ1v) is 10.6. The lowest BCUT2D eigenvalue weighted by Crippen LogP contribution is -2.08. The van der Waals surface area contributed by atoms with E-state index in [1.165, 1.54) is 23.1 Å². The molecule has 0 saturated carbocycles. The van der Waals surface area contributed by atoms with Crippen molar-refractivity contribution in [3.63, 3.8) is 0 Å². The molecule has 144 valence electrons. The van der Waals surface area contributed by atoms with Gasteiger partial charge in [0.2, 0.25) is 0 Å². The van der Waals surface area contributed by atoms with Gasteiger partial charge in [0.15, 0.2) is 0 Å². The van der Waals surface area contributed by atoms with Gasteiger partial charge in [-0.15, -0.1) is 9.24 Å². The predicted octanol–water partition coefficient (Wildman–Crippen LogP) is 6.54. The van der Waals surface area contributed by atoms with Crippen molar-refractivity contribution in [2.24, 2.45) is 5.92 Å². The summed E-state index contributed by atoms with van der Waals surface area (Å²) in [5.41, 5.74) is 5.37. The Morgan fingerprint density at radius 1 is 0.857 bits per heavy atom. The van der Waals surface area contributed by atoms with Crippen LogP contribution in [0, 0.1) is 5.92 Å². The number of ether oxygens (including phenoxy) is 1. The monoisotopic (exact) mass is 390 g/mol. The number of carbonyl (C=O) groups excluding carboxylic acids is 1. The maximum Gasteiger partial charge on any atom is 0.343 e. The molecule has 3 heteroatoms. The molecule has 0 fully saturated rings. The largest absolute Gasteiger partial charge is 0.423 e. The third kappa shape index (κ3) is 5.30. The summed E-state index contributed by atoms with van der Waals surface area (Å²) in [7, 11) is 2.67. The van der Waals surface area contributed by atoms with Gasteiger partial charge >= 0.3 is 5.97 Å². The van der Waals surface area contributed by atoms with Crippen molar-refractivity contribution >= 4 is 15.2 Å². The lowest BCUT2D eigenvalue weighted by molar-refractivity contribution is 0.0735. The van der Waals surface area contributed by atoms with Crippen molar-refractivity contribution in [1.29, 1.82) is 0 Å². The molecule has 0 aliphatic heterocycles. The molecule has 0 bridgehead atoms. The Morgan fingerprint density at radius 3 is 1.93 bits per heavy atom. The summed E-state index contributed by atoms with van der Waals surface area (Å²) in [4.78, 5) is 12.3. The third-order valence-electron chi connectivity index (χ3n) is 5.06. The van der Waals surface area contributed by atoms with Crippen molar-refractivity contribution < 1.29 is 9.53 Å². The Kier molecular flexibility index (Phi) is 7.01. The average Bonchev–Trinajstić information content (AvgIpc) is 2.75. The molecule has 0 saturated heterocycles. The summed E-state index contributed by atoms with van der Waals surface area (Å²) < 4.78 is 5.50. The number of benzene rings is 3. The van der Waals surface area contributed by atoms with Gasteiger partial charge in [-0.1, -0.05) is 68.8 Å². The molecule has 0 aliphatic carbocycles. The van der Waals surface area contributed by atoms with Crippen LogP contribution in [0.2, 0.25) is 0 Å². The maximum atomic E-state index is 12.3. The Bertz CT molecular complexity index is 897. The molecule has 3 aromatic rings. The van der Waals surface area contributed by atoms with Crippen LogP contribution in [0.25, 0.3) is 11.1 Å². The van der Waals surface area contributed by atoms with Gasteiger partial charge in [-0.05, 0) is 65.0 Å². The fourth-order valence-electron chi connectivity index (χ4n) is 3.04. The smallest absolute Gasteiger partial charge is 0.343 e. The van der Waals surface area contributed by atoms with Gasteiger partial charge in [0.1, 0.15) is 5.75 Å². The van der Waals surface area contributed by atoms with Gasteiger partial charge in [0.05, 0.1) is 5.56 Å². The van der Waals surface area contributed by atoms with E-state index in [1.54, 1.807) is 12.1 Å². The van der Waals surface area contributed by atoms with Crippen LogP contribution in [0.1, 0.15) is 41.8 Å². The zero-order valence-corrected chi connectivity index (χ0v) is 17.7. The molecule has 28 heavy (non-hydrogen) atoms. The van der Waals surface area contributed by atoms with Crippen LogP contribution in [0.4, 0.5) is 0 Å². The molecule has 3 rings (SSSR count). The van der Waals surface area contributed by atoms with Crippen molar-refractivity contribution in [3.05, 3.63) is 89.5 Å². The first-order valence-electron chi connectivity index (χ1n) is 9.79. The topological polar surface area (TPSA) is 26.3 Å². The summed E-state index contributed by atoms with van der Waals surface area (Å²) >= 11 is 0. The SMILES string of the molecule is CCC(C)Cc1ccc(-c2ccc(OC(=O)c3ccc(CP)cc3)cc2)cc1. The van der Waals surface area contributed by atoms with Crippen LogP contribution >= 0.6 is 9.24 Å². The highest BCUT2D eigenvalue weighted by Gasteiger charge is 2.09. The summed E-state index contributed by atoms with van der Waals surface area (Å²) in [6.45, 7) is 4.51. The fourth-order valence-corrected chi connectivity index (χ4v) is 3.31. The average molecular weight is 390 g/mol. The van der Waals surface area contributed by atoms with Gasteiger partial charge in [-0.3, -0.25) is 0 Å². The molecule has 0 amide bonds. The Balaban J connectivity index is 1.65. The third-order valence-corrected chi connectivity index (χ3v) is 5.53. The van der Waals surface area contributed by atoms with Gasteiger partial charge in [-0.25, -0.2) is 4.79 Å². The van der Waals surface area contributed by atoms with E-state index < -0.39 is 0 Å². The molecule has 0 heterocycles. The van der Waals surface area contributed by atoms with E-state index in [-0.39, 0.29) is 5.97 Å². The molecule has 0 aromatic heterocycles. The van der Waals surface area contributed by atoms with Crippen molar-refractivity contribution in [2.75, 3.05) is 0 Å². The number of carbonyl (C=O) groups is 1. The number of hydrogen-bond donors (Lipinski definition) is 0. The molecule has 0 N–H and O–H groups in total. The number of rotatable bonds is 7. The molecule has 0 radical (unpaired) electrons. The molecular formula is C25H27O2P. The lowest BCUT2D eigenvalue weighted by atomic mass is 9.97. The summed E-state index contributed by atoms with van der Waals surface area (Å²) in [5, 5.41) is 0. The van der Waals surface area contributed by atoms with E-state index in [0.717, 1.165) is 18.1 Å². The van der Waals surface area contributed by atoms with E-state index >= 15 is 0 Å². The highest BCUT2D eigenvalue weighted by molar-refractivity contribution is 7.15. The second-order valence-electron chi connectivity index (χ2n) is 7.23. The zero-order valence-electron chi connectivity index (χ0n) is 16.5. The van der Waals surface area contributed by atoms with Gasteiger partial charge in [-0.2, -0.15) is 0 Å². The van der Waals surface area contributed by atoms with Crippen LogP contribution in [0.3, 0.4) is 0 Å². The van der Waals surface area contributed by atoms with Gasteiger partial charge in [0, 0.05) is 0 Å². The van der Waals surface area contributed by atoms with Crippen molar-refractivity contribution in [2.45, 2.75) is 32.9 Å². The Labute approximate surface area is 170 Å². The second kappa shape index (κ2) is 9.66. The minimum absolute atomic E-state index is 0.336. The summed E-state index contributed by atoms with van der Waals surface area (Å²) in [5.74, 6) is 0.923. The first kappa shape index (κ1) is 20.3. The minimum Gasteiger partial charge on any atom is -0.423 e. The van der Waals surface area contributed by atoms with Crippen molar-refractivity contribution in [1.82, 2.24) is 0 Å². The van der Waals surface area contributed by atoms with E-state index in [2.05, 4.69) is 47.4 Å². The molecule has 0 aliphatic rings. The van der Waals surface area contributed by atoms with Gasteiger partial charge < -0.3 is 4.74 Å². The fraction of sp³-hybridized carbons (Fsp3) is 0.240. The Morgan fingerprint density at radius 2 is 1.39 bits per heavy atom. The maximum absolute atomic E-state index is 12.3. The quantitative estimate of drug-likeness (QED) is 0.260. The summed E-state index contributed by atoms with van der Waals surface area (Å²) in [6, 6.07) is 23.9. The second-order valence-corrected chi connectivity index (χ2v) is 7.64. The van der Waals surface area contributed by atoms with E-state index in [9.17, 15) is 4.79 Å². The van der Waals surface area contributed by atoms with Crippen LogP contribution < -0.4 is 4.74 Å². The molecule has 0 spiro atoms. The predicted molar refractivity (Wildman–Crippen MR) is 120 cm³/mol. The van der Waals surface area contributed by atoms with E-state index in [0.29, 0.717) is 17.2 Å². The van der Waals surface area contributed by atoms with Crippen LogP contribution in [-0.4, -0.2) is 5.97 Å². The van der Waals surface area contributed by atoms with Crippen LogP contribution in [0.5, 0.6) is 5.75 Å². The van der Waals surface area contributed by atoms with Gasteiger partial charge in [0.25, 0.3) is 0 Å². The molecular weight excluding hydrogens is 363 g/mol. The molecule has 3 aromatic carbocycles. The summed E-state index contributed by atoms with van der Waals surface area (Å²) in [6.07, 6.45) is 3.18. The van der Waals surface area contributed by atoms with E-state index in [4.69, 9.17) is 4.74 Å². The first-order chi connectivity index (χ1) is 13.6. The zero-order chi connectivity index (χ0) is 19.9. The number of hydrogen-bond acceptors (Lipinski definition) is 2. The highest BCUT2D eigenvalue weighted by Crippen LogP contribution is 2.24. The molecule has 2 atom stereocenters. The number of esters is 1. The molecule has 2 unspecified atom stereocenters. The standard InChI is InChI=1S/C25H27O2P/c1-3-18(2)16-19-4-8-21(9-5-19)22-12-14-24(15-13-22)27-25(26)23-10-6-20(17-28)7-11-23/h4-15,18H,3,16-17,28H2,1-2H3. The Hall–Kier alpha value is -2.44. The molecule has 2 nitrogen and oxygen atoms in total.